The lowest BCUT2D eigenvalue weighted by molar-refractivity contribution is -0.133. The number of nitrogen functional groups attached to an aromatic ring is 1. The van der Waals surface area contributed by atoms with Gasteiger partial charge in [0.25, 0.3) is 0 Å². The molecule has 104 valence electrons. The molecule has 19 heavy (non-hydrogen) atoms. The Morgan fingerprint density at radius 2 is 2.16 bits per heavy atom. The van der Waals surface area contributed by atoms with E-state index in [1.54, 1.807) is 0 Å². The van der Waals surface area contributed by atoms with Crippen LogP contribution in [0.15, 0.2) is 24.3 Å². The van der Waals surface area contributed by atoms with Gasteiger partial charge in [0.05, 0.1) is 6.54 Å². The number of rotatable bonds is 4. The summed E-state index contributed by atoms with van der Waals surface area (Å²) in [5.74, 6) is 1.07. The van der Waals surface area contributed by atoms with Gasteiger partial charge in [0.15, 0.2) is 0 Å². The van der Waals surface area contributed by atoms with Gasteiger partial charge in [0.1, 0.15) is 11.9 Å². The molecule has 4 nitrogen and oxygen atoms in total. The zero-order valence-electron chi connectivity index (χ0n) is 11.5. The van der Waals surface area contributed by atoms with Crippen LogP contribution in [0.5, 0.6) is 5.75 Å². The predicted molar refractivity (Wildman–Crippen MR) is 76.0 cm³/mol. The zero-order valence-corrected chi connectivity index (χ0v) is 11.5. The smallest absolute Gasteiger partial charge is 0.222 e. The third-order valence-corrected chi connectivity index (χ3v) is 3.38. The molecular weight excluding hydrogens is 240 g/mol. The van der Waals surface area contributed by atoms with Gasteiger partial charge in [-0.3, -0.25) is 4.79 Å². The number of nitrogens with two attached hydrogens (primary N) is 1. The molecule has 1 atom stereocenters. The highest BCUT2D eigenvalue weighted by atomic mass is 16.5. The summed E-state index contributed by atoms with van der Waals surface area (Å²) in [5.41, 5.74) is 6.38. The molecule has 1 aliphatic heterocycles. The number of carbonyl (C=O) groups is 1. The zero-order chi connectivity index (χ0) is 13.7. The number of amides is 1. The number of hydrogen-bond donors (Lipinski definition) is 1. The fourth-order valence-corrected chi connectivity index (χ4v) is 2.37. The van der Waals surface area contributed by atoms with Crippen LogP contribution in [-0.4, -0.2) is 30.0 Å². The molecule has 1 amide bonds. The second-order valence-electron chi connectivity index (χ2n) is 5.04. The van der Waals surface area contributed by atoms with Crippen molar-refractivity contribution in [2.45, 2.75) is 38.7 Å². The Balaban J connectivity index is 1.90. The predicted octanol–water partition coefficient (Wildman–Crippen LogP) is 2.44. The van der Waals surface area contributed by atoms with E-state index in [1.165, 1.54) is 0 Å². The summed E-state index contributed by atoms with van der Waals surface area (Å²) in [5, 5.41) is 0. The maximum Gasteiger partial charge on any atom is 0.222 e. The van der Waals surface area contributed by atoms with Crippen LogP contribution in [-0.2, 0) is 4.79 Å². The average molecular weight is 262 g/mol. The van der Waals surface area contributed by atoms with Gasteiger partial charge in [-0.15, -0.1) is 0 Å². The summed E-state index contributed by atoms with van der Waals surface area (Å²) in [6, 6.07) is 7.42. The number of anilines is 1. The van der Waals surface area contributed by atoms with Gasteiger partial charge in [-0.05, 0) is 43.5 Å². The minimum absolute atomic E-state index is 0.0955. The average Bonchev–Trinajstić information content (AvgIpc) is 2.42. The largest absolute Gasteiger partial charge is 0.489 e. The van der Waals surface area contributed by atoms with Crippen molar-refractivity contribution in [1.82, 2.24) is 4.90 Å². The van der Waals surface area contributed by atoms with Crippen LogP contribution in [0.4, 0.5) is 5.69 Å². The molecule has 1 aliphatic rings. The Hall–Kier alpha value is -1.71. The lowest BCUT2D eigenvalue weighted by Crippen LogP contribution is -2.44. The van der Waals surface area contributed by atoms with Crippen molar-refractivity contribution >= 4 is 11.6 Å². The first-order chi connectivity index (χ1) is 9.19. The van der Waals surface area contributed by atoms with Gasteiger partial charge in [-0.1, -0.05) is 6.92 Å². The fourth-order valence-electron chi connectivity index (χ4n) is 2.37. The number of piperidine rings is 1. The van der Waals surface area contributed by atoms with Gasteiger partial charge in [0.2, 0.25) is 5.91 Å². The molecule has 0 bridgehead atoms. The first-order valence-corrected chi connectivity index (χ1v) is 6.99. The molecule has 2 N–H and O–H groups in total. The van der Waals surface area contributed by atoms with Crippen LogP contribution in [0, 0.1) is 0 Å². The number of ether oxygens (including phenoxy) is 1. The Kier molecular flexibility index (Phi) is 4.66. The van der Waals surface area contributed by atoms with E-state index in [-0.39, 0.29) is 12.0 Å². The number of likely N-dealkylation sites (tertiary alicyclic amines) is 1. The summed E-state index contributed by atoms with van der Waals surface area (Å²) in [6.07, 6.45) is 3.64. The molecule has 1 heterocycles. The van der Waals surface area contributed by atoms with Crippen LogP contribution < -0.4 is 10.5 Å². The number of nitrogens with zero attached hydrogens (tertiary/aromatic N) is 1. The number of benzene rings is 1. The summed E-state index contributed by atoms with van der Waals surface area (Å²) in [7, 11) is 0. The molecule has 1 fully saturated rings. The molecule has 4 heteroatoms. The number of hydrogen-bond acceptors (Lipinski definition) is 3. The molecule has 1 aromatic rings. The Morgan fingerprint density at radius 3 is 2.84 bits per heavy atom. The summed E-state index contributed by atoms with van der Waals surface area (Å²) in [6.45, 7) is 3.59. The van der Waals surface area contributed by atoms with Crippen LogP contribution >= 0.6 is 0 Å². The summed E-state index contributed by atoms with van der Waals surface area (Å²) >= 11 is 0. The van der Waals surface area contributed by atoms with E-state index in [2.05, 4.69) is 0 Å². The van der Waals surface area contributed by atoms with Gasteiger partial charge in [-0.25, -0.2) is 0 Å². The first kappa shape index (κ1) is 13.7. The fraction of sp³-hybridized carbons (Fsp3) is 0.533. The molecular formula is C15H22N2O2. The molecule has 0 aliphatic carbocycles. The van der Waals surface area contributed by atoms with Gasteiger partial charge in [0, 0.05) is 18.7 Å². The first-order valence-electron chi connectivity index (χ1n) is 6.99. The maximum absolute atomic E-state index is 11.9. The molecule has 0 spiro atoms. The third-order valence-electron chi connectivity index (χ3n) is 3.38. The molecule has 0 radical (unpaired) electrons. The van der Waals surface area contributed by atoms with E-state index in [1.807, 2.05) is 36.1 Å². The van der Waals surface area contributed by atoms with E-state index in [9.17, 15) is 4.79 Å². The maximum atomic E-state index is 11.9. The summed E-state index contributed by atoms with van der Waals surface area (Å²) < 4.78 is 5.92. The van der Waals surface area contributed by atoms with Crippen molar-refractivity contribution in [3.05, 3.63) is 24.3 Å². The molecule has 1 aromatic carbocycles. The van der Waals surface area contributed by atoms with Crippen molar-refractivity contribution in [1.29, 1.82) is 0 Å². The van der Waals surface area contributed by atoms with E-state index >= 15 is 0 Å². The number of carbonyl (C=O) groups excluding carboxylic acids is 1. The van der Waals surface area contributed by atoms with Gasteiger partial charge < -0.3 is 15.4 Å². The molecule has 1 saturated heterocycles. The quantitative estimate of drug-likeness (QED) is 0.848. The van der Waals surface area contributed by atoms with Crippen LogP contribution in [0.1, 0.15) is 32.6 Å². The lowest BCUT2D eigenvalue weighted by atomic mass is 10.1. The second-order valence-corrected chi connectivity index (χ2v) is 5.04. The molecule has 0 aromatic heterocycles. The molecule has 0 saturated carbocycles. The minimum atomic E-state index is 0.0955. The Bertz CT molecular complexity index is 417. The van der Waals surface area contributed by atoms with Gasteiger partial charge >= 0.3 is 0 Å². The SMILES string of the molecule is CCCC(=O)N1CCCC(Oc2ccc(N)cc2)C1. The van der Waals surface area contributed by atoms with Crippen molar-refractivity contribution in [2.24, 2.45) is 0 Å². The van der Waals surface area contributed by atoms with Crippen molar-refractivity contribution in [2.75, 3.05) is 18.8 Å². The standard InChI is InChI=1S/C15H22N2O2/c1-2-4-15(18)17-10-3-5-14(11-17)19-13-8-6-12(16)7-9-13/h6-9,14H,2-5,10-11,16H2,1H3. The monoisotopic (exact) mass is 262 g/mol. The Labute approximate surface area is 114 Å². The summed E-state index contributed by atoms with van der Waals surface area (Å²) in [4.78, 5) is 13.8. The third kappa shape index (κ3) is 3.88. The van der Waals surface area contributed by atoms with E-state index in [0.717, 1.165) is 37.2 Å². The van der Waals surface area contributed by atoms with Crippen molar-refractivity contribution < 1.29 is 9.53 Å². The molecule has 1 unspecified atom stereocenters. The minimum Gasteiger partial charge on any atom is -0.489 e. The van der Waals surface area contributed by atoms with E-state index < -0.39 is 0 Å². The Morgan fingerprint density at radius 1 is 1.42 bits per heavy atom. The van der Waals surface area contributed by atoms with E-state index in [4.69, 9.17) is 10.5 Å². The lowest BCUT2D eigenvalue weighted by Gasteiger charge is -2.33. The van der Waals surface area contributed by atoms with Crippen LogP contribution in [0.25, 0.3) is 0 Å². The normalized spacial score (nSPS) is 19.2. The van der Waals surface area contributed by atoms with Crippen molar-refractivity contribution in [3.63, 3.8) is 0 Å². The highest BCUT2D eigenvalue weighted by Crippen LogP contribution is 2.20. The topological polar surface area (TPSA) is 55.6 Å². The highest BCUT2D eigenvalue weighted by Gasteiger charge is 2.24. The van der Waals surface area contributed by atoms with Crippen LogP contribution in [0.2, 0.25) is 0 Å². The second kappa shape index (κ2) is 6.45. The van der Waals surface area contributed by atoms with Crippen molar-refractivity contribution in [3.8, 4) is 5.75 Å². The molecule has 2 rings (SSSR count). The van der Waals surface area contributed by atoms with E-state index in [0.29, 0.717) is 13.0 Å². The highest BCUT2D eigenvalue weighted by molar-refractivity contribution is 5.76. The van der Waals surface area contributed by atoms with Gasteiger partial charge in [-0.2, -0.15) is 0 Å². The van der Waals surface area contributed by atoms with Crippen LogP contribution in [0.3, 0.4) is 0 Å².